The molecule has 1 N–H and O–H groups in total. The van der Waals surface area contributed by atoms with Crippen LogP contribution in [0.1, 0.15) is 67.9 Å². The van der Waals surface area contributed by atoms with Gasteiger partial charge in [-0.1, -0.05) is 35.4 Å². The molecule has 0 bridgehead atoms. The van der Waals surface area contributed by atoms with E-state index in [4.69, 9.17) is 46.8 Å². The van der Waals surface area contributed by atoms with Crippen LogP contribution in [0.15, 0.2) is 35.4 Å². The number of nitrogens with one attached hydrogen (secondary N) is 1. The lowest BCUT2D eigenvalue weighted by molar-refractivity contribution is -0.836. The predicted octanol–water partition coefficient (Wildman–Crippen LogP) is 2.02. The van der Waals surface area contributed by atoms with Gasteiger partial charge in [0.25, 0.3) is 0 Å². The summed E-state index contributed by atoms with van der Waals surface area (Å²) >= 11 is 0. The molecule has 3 rings (SSSR count). The molecule has 0 unspecified atom stereocenters. The van der Waals surface area contributed by atoms with Gasteiger partial charge >= 0.3 is 23.9 Å². The first-order chi connectivity index (χ1) is 28.0. The highest BCUT2D eigenvalue weighted by Crippen LogP contribution is 2.37. The number of azide groups is 1. The van der Waals surface area contributed by atoms with Crippen molar-refractivity contribution >= 4 is 34.3 Å². The number of hydrogen-bond acceptors (Lipinski definition) is 18. The number of rotatable bonds is 14. The second-order valence-electron chi connectivity index (χ2n) is 17.8. The Labute approximate surface area is 357 Å². The average Bonchev–Trinajstić information content (AvgIpc) is 3.14. The van der Waals surface area contributed by atoms with E-state index in [0.717, 1.165) is 7.11 Å². The van der Waals surface area contributed by atoms with Crippen molar-refractivity contribution in [3.8, 4) is 0 Å². The SMILES string of the molecule is COC(=O)[C@@H]1O[C@@H](O[C@H]2[C@H](OCc3ccccc3)[C@@H](N=[N+]=[N-])[C@@H](OC)O[C@@H]2COC(=O)C(C)(C)C)[C@H](OS(=O)(=O)[O-])[C@@H](OC(=O)C(C)(C)C)[C@@H]1OC(=O)C(C)(C)C.C[NH+](C)C. The number of hydrogen-bond donors (Lipinski definition) is 1. The fourth-order valence-corrected chi connectivity index (χ4v) is 5.86. The second-order valence-corrected chi connectivity index (χ2v) is 18.9. The Morgan fingerprint density at radius 3 is 1.77 bits per heavy atom. The molecule has 2 aliphatic rings. The van der Waals surface area contributed by atoms with E-state index in [2.05, 4.69) is 31.2 Å². The Hall–Kier alpha value is -3.96. The lowest BCUT2D eigenvalue weighted by Crippen LogP contribution is -3.02. The summed E-state index contributed by atoms with van der Waals surface area (Å²) in [7, 11) is 2.73. The number of carbonyl (C=O) groups excluding carboxylic acids is 4. The molecule has 0 spiro atoms. The summed E-state index contributed by atoms with van der Waals surface area (Å²) in [4.78, 5) is 57.4. The van der Waals surface area contributed by atoms with Gasteiger partial charge < -0.3 is 52.1 Å². The van der Waals surface area contributed by atoms with Crippen LogP contribution in [0.4, 0.5) is 0 Å². The third kappa shape index (κ3) is 16.4. The van der Waals surface area contributed by atoms with Crippen LogP contribution in [0.25, 0.3) is 10.4 Å². The fourth-order valence-electron chi connectivity index (χ4n) is 5.38. The summed E-state index contributed by atoms with van der Waals surface area (Å²) in [6.07, 6.45) is -16.4. The number of carbonyl (C=O) groups is 4. The molecule has 61 heavy (non-hydrogen) atoms. The standard InChI is InChI=1S/C36H53N3O17S.C3H9N/c1-34(2,3)31(41)50-18-20-22(23(21(38-39-37)29(48-11)51-20)49-17-19-15-13-12-14-16-19)52-30-27(56-57(44,45)46)25(55-33(43)36(7,8)9)24(26(53-30)28(40)47-10)54-32(42)35(4,5)6;1-4(2)3/h12-16,20-27,29-30H,17-18H2,1-11H3,(H,44,45,46);1-3H3/t20-,21-,22-,23-,24+,25+,26-,27-,29+,30-;/m1./s1. The number of nitrogens with zero attached hydrogens (tertiary/aromatic N) is 3. The number of esters is 4. The van der Waals surface area contributed by atoms with E-state index in [1.807, 2.05) is 0 Å². The molecule has 0 radical (unpaired) electrons. The first kappa shape index (κ1) is 53.2. The van der Waals surface area contributed by atoms with E-state index >= 15 is 0 Å². The van der Waals surface area contributed by atoms with Crippen LogP contribution in [-0.2, 0) is 83.0 Å². The molecule has 22 heteroatoms. The highest BCUT2D eigenvalue weighted by molar-refractivity contribution is 7.80. The Kier molecular flexibility index (Phi) is 19.5. The quantitative estimate of drug-likeness (QED) is 0.0532. The minimum absolute atomic E-state index is 0.143. The van der Waals surface area contributed by atoms with Crippen molar-refractivity contribution in [3.63, 3.8) is 0 Å². The molecule has 0 aromatic heterocycles. The molecular formula is C39H62N4O17S. The maximum Gasteiger partial charge on any atom is 0.339 e. The van der Waals surface area contributed by atoms with Crippen molar-refractivity contribution < 1.29 is 83.9 Å². The maximum atomic E-state index is 13.5. The van der Waals surface area contributed by atoms with E-state index in [-0.39, 0.29) is 6.61 Å². The molecule has 0 amide bonds. The third-order valence-corrected chi connectivity index (χ3v) is 8.93. The Morgan fingerprint density at radius 2 is 1.31 bits per heavy atom. The molecule has 0 saturated carbocycles. The number of methoxy groups -OCH3 is 2. The first-order valence-electron chi connectivity index (χ1n) is 19.3. The Morgan fingerprint density at radius 1 is 0.787 bits per heavy atom. The van der Waals surface area contributed by atoms with Gasteiger partial charge in [0.2, 0.25) is 10.4 Å². The van der Waals surface area contributed by atoms with Crippen LogP contribution in [0, 0.1) is 16.2 Å². The molecule has 10 atom stereocenters. The summed E-state index contributed by atoms with van der Waals surface area (Å²) < 4.78 is 94.2. The van der Waals surface area contributed by atoms with Gasteiger partial charge in [-0.2, -0.15) is 0 Å². The van der Waals surface area contributed by atoms with Crippen LogP contribution in [0.5, 0.6) is 0 Å². The summed E-state index contributed by atoms with van der Waals surface area (Å²) in [5.74, 6) is -3.83. The summed E-state index contributed by atoms with van der Waals surface area (Å²) in [6.45, 7) is 12.9. The average molecular weight is 891 g/mol. The molecular weight excluding hydrogens is 829 g/mol. The van der Waals surface area contributed by atoms with E-state index in [0.29, 0.717) is 5.56 Å². The van der Waals surface area contributed by atoms with Gasteiger partial charge in [-0.3, -0.25) is 18.6 Å². The molecule has 1 aromatic carbocycles. The monoisotopic (exact) mass is 890 g/mol. The molecule has 21 nitrogen and oxygen atoms in total. The van der Waals surface area contributed by atoms with Gasteiger partial charge in [-0.05, 0) is 73.4 Å². The van der Waals surface area contributed by atoms with Crippen LogP contribution in [-0.4, -0.2) is 140 Å². The van der Waals surface area contributed by atoms with Crippen molar-refractivity contribution in [2.75, 3.05) is 42.0 Å². The minimum Gasteiger partial charge on any atom is -0.726 e. The topological polar surface area (TPSA) is 271 Å². The zero-order valence-corrected chi connectivity index (χ0v) is 38.1. The van der Waals surface area contributed by atoms with E-state index < -0.39 is 118 Å². The van der Waals surface area contributed by atoms with E-state index in [1.165, 1.54) is 53.6 Å². The van der Waals surface area contributed by atoms with Crippen molar-refractivity contribution in [1.29, 1.82) is 0 Å². The highest BCUT2D eigenvalue weighted by Gasteiger charge is 2.59. The summed E-state index contributed by atoms with van der Waals surface area (Å²) in [5, 5.41) is 3.82. The predicted molar refractivity (Wildman–Crippen MR) is 212 cm³/mol. The maximum absolute atomic E-state index is 13.5. The highest BCUT2D eigenvalue weighted by atomic mass is 32.3. The molecule has 2 saturated heterocycles. The minimum atomic E-state index is -5.74. The second kappa shape index (κ2) is 22.4. The first-order valence-corrected chi connectivity index (χ1v) is 20.7. The van der Waals surface area contributed by atoms with Crippen molar-refractivity contribution in [2.45, 2.75) is 130 Å². The van der Waals surface area contributed by atoms with Crippen LogP contribution in [0.3, 0.4) is 0 Å². The molecule has 1 aromatic rings. The Balaban J connectivity index is 0.00000306. The Bertz CT molecular complexity index is 1770. The zero-order chi connectivity index (χ0) is 46.7. The smallest absolute Gasteiger partial charge is 0.339 e. The largest absolute Gasteiger partial charge is 0.726 e. The molecule has 2 heterocycles. The number of ether oxygens (including phenoxy) is 9. The van der Waals surface area contributed by atoms with Crippen LogP contribution >= 0.6 is 0 Å². The number of benzene rings is 1. The normalized spacial score (nSPS) is 27.1. The molecule has 2 fully saturated rings. The van der Waals surface area contributed by atoms with Gasteiger partial charge in [0.1, 0.15) is 31.0 Å². The van der Waals surface area contributed by atoms with Gasteiger partial charge in [0, 0.05) is 12.0 Å². The molecule has 2 aliphatic heterocycles. The lowest BCUT2D eigenvalue weighted by atomic mass is 9.93. The summed E-state index contributed by atoms with van der Waals surface area (Å²) in [6, 6.07) is 7.35. The van der Waals surface area contributed by atoms with Gasteiger partial charge in [-0.25, -0.2) is 13.2 Å². The molecule has 0 aliphatic carbocycles. The van der Waals surface area contributed by atoms with Crippen LogP contribution in [0.2, 0.25) is 0 Å². The van der Waals surface area contributed by atoms with Gasteiger partial charge in [-0.15, -0.1) is 0 Å². The number of quaternary nitrogens is 1. The van der Waals surface area contributed by atoms with Gasteiger partial charge in [0.05, 0.1) is 51.1 Å². The lowest BCUT2D eigenvalue weighted by Gasteiger charge is -2.48. The molecule has 346 valence electrons. The van der Waals surface area contributed by atoms with Crippen molar-refractivity contribution in [1.82, 2.24) is 0 Å². The van der Waals surface area contributed by atoms with E-state index in [9.17, 15) is 37.7 Å². The third-order valence-electron chi connectivity index (χ3n) is 8.47. The van der Waals surface area contributed by atoms with Crippen molar-refractivity contribution in [3.05, 3.63) is 46.3 Å². The zero-order valence-electron chi connectivity index (χ0n) is 37.3. The summed E-state index contributed by atoms with van der Waals surface area (Å²) in [5.41, 5.74) is 6.73. The van der Waals surface area contributed by atoms with Crippen LogP contribution < -0.4 is 4.90 Å². The fraction of sp³-hybridized carbons (Fsp3) is 0.744. The van der Waals surface area contributed by atoms with Crippen molar-refractivity contribution in [2.24, 2.45) is 21.4 Å². The van der Waals surface area contributed by atoms with Gasteiger partial charge in [0.15, 0.2) is 37.0 Å². The van der Waals surface area contributed by atoms with E-state index in [1.54, 1.807) is 51.1 Å².